The van der Waals surface area contributed by atoms with Crippen LogP contribution in [0.25, 0.3) is 0 Å². The molecule has 2 heterocycles. The quantitative estimate of drug-likeness (QED) is 0.768. The molecule has 0 radical (unpaired) electrons. The summed E-state index contributed by atoms with van der Waals surface area (Å²) in [6, 6.07) is 8.75. The Morgan fingerprint density at radius 1 is 1.22 bits per heavy atom. The summed E-state index contributed by atoms with van der Waals surface area (Å²) in [5.74, 6) is 0. The van der Waals surface area contributed by atoms with E-state index in [1.54, 1.807) is 0 Å². The minimum Gasteiger partial charge on any atom is -0.363 e. The van der Waals surface area contributed by atoms with E-state index in [1.165, 1.54) is 5.56 Å². The molecule has 0 saturated carbocycles. The topological polar surface area (TPSA) is 44.4 Å². The number of carbonyl (C=O) groups is 1. The van der Waals surface area contributed by atoms with Crippen LogP contribution in [0.3, 0.4) is 0 Å². The normalized spacial score (nSPS) is 25.2. The number of fused-ring (bicyclic) bond motifs is 1. The van der Waals surface area contributed by atoms with Crippen LogP contribution in [0, 0.1) is 0 Å². The van der Waals surface area contributed by atoms with Gasteiger partial charge in [0.2, 0.25) is 0 Å². The second-order valence-electron chi connectivity index (χ2n) is 5.04. The van der Waals surface area contributed by atoms with Crippen LogP contribution in [-0.4, -0.2) is 36.5 Å². The van der Waals surface area contributed by atoms with Crippen LogP contribution in [0.1, 0.15) is 18.4 Å². The van der Waals surface area contributed by atoms with Crippen LogP contribution < -0.4 is 10.6 Å². The molecule has 2 aliphatic rings. The molecule has 1 atom stereocenters. The van der Waals surface area contributed by atoms with Crippen molar-refractivity contribution in [3.8, 4) is 0 Å². The molecule has 1 unspecified atom stereocenters. The third kappa shape index (κ3) is 2.13. The highest BCUT2D eigenvalue weighted by Crippen LogP contribution is 2.27. The molecule has 0 spiro atoms. The minimum absolute atomic E-state index is 0.178. The molecule has 1 aromatic carbocycles. The van der Waals surface area contributed by atoms with Gasteiger partial charge in [-0.05, 0) is 37.6 Å². The van der Waals surface area contributed by atoms with Crippen LogP contribution in [0.2, 0.25) is 0 Å². The summed E-state index contributed by atoms with van der Waals surface area (Å²) in [6.07, 6.45) is 3.09. The standard InChI is InChI=1S/C14H19N3O/c18-10-14-16-13-4-2-1-3-11(13)9-17(14)12-5-7-15-8-6-12/h1-4,10,12,14-16H,5-9H2. The van der Waals surface area contributed by atoms with Gasteiger partial charge in [0.25, 0.3) is 0 Å². The van der Waals surface area contributed by atoms with Gasteiger partial charge in [-0.2, -0.15) is 0 Å². The molecule has 0 bridgehead atoms. The van der Waals surface area contributed by atoms with E-state index in [0.717, 1.165) is 44.4 Å². The number of benzene rings is 1. The lowest BCUT2D eigenvalue weighted by molar-refractivity contribution is -0.113. The largest absolute Gasteiger partial charge is 0.363 e. The summed E-state index contributed by atoms with van der Waals surface area (Å²) in [5.41, 5.74) is 2.38. The van der Waals surface area contributed by atoms with Crippen LogP contribution in [-0.2, 0) is 11.3 Å². The van der Waals surface area contributed by atoms with Crippen molar-refractivity contribution >= 4 is 12.0 Å². The van der Waals surface area contributed by atoms with E-state index in [4.69, 9.17) is 0 Å². The minimum atomic E-state index is -0.178. The van der Waals surface area contributed by atoms with Crippen molar-refractivity contribution in [2.24, 2.45) is 0 Å². The lowest BCUT2D eigenvalue weighted by Crippen LogP contribution is -2.53. The number of anilines is 1. The third-order valence-corrected chi connectivity index (χ3v) is 3.94. The third-order valence-electron chi connectivity index (χ3n) is 3.94. The van der Waals surface area contributed by atoms with Crippen LogP contribution >= 0.6 is 0 Å². The molecule has 3 rings (SSSR count). The van der Waals surface area contributed by atoms with Crippen molar-refractivity contribution in [1.82, 2.24) is 10.2 Å². The van der Waals surface area contributed by atoms with Gasteiger partial charge >= 0.3 is 0 Å². The molecule has 0 aromatic heterocycles. The average molecular weight is 245 g/mol. The summed E-state index contributed by atoms with van der Waals surface area (Å²) >= 11 is 0. The van der Waals surface area contributed by atoms with Gasteiger partial charge in [0.1, 0.15) is 6.17 Å². The van der Waals surface area contributed by atoms with Gasteiger partial charge < -0.3 is 10.6 Å². The molecule has 4 nitrogen and oxygen atoms in total. The summed E-state index contributed by atoms with van der Waals surface area (Å²) < 4.78 is 0. The zero-order chi connectivity index (χ0) is 12.4. The van der Waals surface area contributed by atoms with Gasteiger partial charge in [-0.25, -0.2) is 0 Å². The number of nitrogens with zero attached hydrogens (tertiary/aromatic N) is 1. The molecular weight excluding hydrogens is 226 g/mol. The fraction of sp³-hybridized carbons (Fsp3) is 0.500. The summed E-state index contributed by atoms with van der Waals surface area (Å²) in [7, 11) is 0. The number of para-hydroxylation sites is 1. The molecule has 2 N–H and O–H groups in total. The predicted molar refractivity (Wildman–Crippen MR) is 71.4 cm³/mol. The van der Waals surface area contributed by atoms with E-state index in [2.05, 4.69) is 27.7 Å². The number of nitrogens with one attached hydrogen (secondary N) is 2. The lowest BCUT2D eigenvalue weighted by Gasteiger charge is -2.42. The van der Waals surface area contributed by atoms with E-state index in [-0.39, 0.29) is 6.17 Å². The van der Waals surface area contributed by atoms with Gasteiger partial charge in [-0.3, -0.25) is 9.69 Å². The van der Waals surface area contributed by atoms with Gasteiger partial charge in [-0.15, -0.1) is 0 Å². The van der Waals surface area contributed by atoms with E-state index in [9.17, 15) is 4.79 Å². The van der Waals surface area contributed by atoms with Crippen molar-refractivity contribution in [2.75, 3.05) is 18.4 Å². The first-order chi connectivity index (χ1) is 8.88. The van der Waals surface area contributed by atoms with Crippen LogP contribution in [0.15, 0.2) is 24.3 Å². The van der Waals surface area contributed by atoms with Crippen molar-refractivity contribution < 1.29 is 4.79 Å². The smallest absolute Gasteiger partial charge is 0.157 e. The Morgan fingerprint density at radius 2 is 2.00 bits per heavy atom. The van der Waals surface area contributed by atoms with Gasteiger partial charge in [0.15, 0.2) is 6.29 Å². The predicted octanol–water partition coefficient (Wildman–Crippen LogP) is 1.19. The molecule has 0 amide bonds. The molecule has 96 valence electrons. The molecule has 0 aliphatic carbocycles. The molecule has 1 fully saturated rings. The van der Waals surface area contributed by atoms with Crippen molar-refractivity contribution in [2.45, 2.75) is 31.6 Å². The maximum atomic E-state index is 11.3. The first kappa shape index (κ1) is 11.7. The first-order valence-corrected chi connectivity index (χ1v) is 6.64. The second kappa shape index (κ2) is 5.08. The molecule has 2 aliphatic heterocycles. The van der Waals surface area contributed by atoms with E-state index < -0.39 is 0 Å². The number of hydrogen-bond acceptors (Lipinski definition) is 4. The molecular formula is C14H19N3O. The van der Waals surface area contributed by atoms with Crippen molar-refractivity contribution in [1.29, 1.82) is 0 Å². The molecule has 1 saturated heterocycles. The number of hydrogen-bond donors (Lipinski definition) is 2. The highest BCUT2D eigenvalue weighted by atomic mass is 16.1. The van der Waals surface area contributed by atoms with Crippen LogP contribution in [0.5, 0.6) is 0 Å². The van der Waals surface area contributed by atoms with Gasteiger partial charge in [0.05, 0.1) is 0 Å². The zero-order valence-electron chi connectivity index (χ0n) is 10.4. The van der Waals surface area contributed by atoms with Gasteiger partial charge in [0, 0.05) is 18.3 Å². The monoisotopic (exact) mass is 245 g/mol. The second-order valence-corrected chi connectivity index (χ2v) is 5.04. The number of aldehydes is 1. The van der Waals surface area contributed by atoms with E-state index in [0.29, 0.717) is 6.04 Å². The fourth-order valence-corrected chi connectivity index (χ4v) is 2.94. The average Bonchev–Trinajstić information content (AvgIpc) is 2.46. The summed E-state index contributed by atoms with van der Waals surface area (Å²) in [5, 5.41) is 6.70. The lowest BCUT2D eigenvalue weighted by atomic mass is 10.0. The Hall–Kier alpha value is -1.39. The number of rotatable bonds is 2. The number of piperidine rings is 1. The Morgan fingerprint density at radius 3 is 2.78 bits per heavy atom. The first-order valence-electron chi connectivity index (χ1n) is 6.64. The SMILES string of the molecule is O=CC1Nc2ccccc2CN1C1CCNCC1. The fourth-order valence-electron chi connectivity index (χ4n) is 2.94. The summed E-state index contributed by atoms with van der Waals surface area (Å²) in [4.78, 5) is 13.6. The zero-order valence-corrected chi connectivity index (χ0v) is 10.4. The molecule has 18 heavy (non-hydrogen) atoms. The van der Waals surface area contributed by atoms with Gasteiger partial charge in [-0.1, -0.05) is 18.2 Å². The molecule has 4 heteroatoms. The van der Waals surface area contributed by atoms with E-state index >= 15 is 0 Å². The molecule has 1 aromatic rings. The van der Waals surface area contributed by atoms with E-state index in [1.807, 2.05) is 12.1 Å². The van der Waals surface area contributed by atoms with Crippen molar-refractivity contribution in [3.63, 3.8) is 0 Å². The Bertz CT molecular complexity index is 429. The number of carbonyl (C=O) groups excluding carboxylic acids is 1. The maximum absolute atomic E-state index is 11.3. The summed E-state index contributed by atoms with van der Waals surface area (Å²) in [6.45, 7) is 2.97. The Balaban J connectivity index is 1.83. The Kier molecular flexibility index (Phi) is 3.30. The van der Waals surface area contributed by atoms with Crippen molar-refractivity contribution in [3.05, 3.63) is 29.8 Å². The van der Waals surface area contributed by atoms with Crippen LogP contribution in [0.4, 0.5) is 5.69 Å². The Labute approximate surface area is 107 Å². The highest BCUT2D eigenvalue weighted by molar-refractivity contribution is 5.67. The highest BCUT2D eigenvalue weighted by Gasteiger charge is 2.31. The maximum Gasteiger partial charge on any atom is 0.157 e.